The first-order valence-electron chi connectivity index (χ1n) is 5.93. The van der Waals surface area contributed by atoms with E-state index in [2.05, 4.69) is 0 Å². The molecule has 1 amide bonds. The fourth-order valence-corrected chi connectivity index (χ4v) is 2.29. The van der Waals surface area contributed by atoms with E-state index in [0.717, 1.165) is 0 Å². The van der Waals surface area contributed by atoms with E-state index in [9.17, 15) is 14.7 Å². The smallest absolute Gasteiger partial charge is 0.335 e. The van der Waals surface area contributed by atoms with Crippen LogP contribution in [0, 0.1) is 0 Å². The fourth-order valence-electron chi connectivity index (χ4n) is 2.10. The van der Waals surface area contributed by atoms with Crippen molar-refractivity contribution < 1.29 is 19.8 Å². The van der Waals surface area contributed by atoms with E-state index in [1.165, 1.54) is 4.90 Å². The Hall–Kier alpha value is -1.59. The maximum Gasteiger partial charge on any atom is 0.335 e. The van der Waals surface area contributed by atoms with Crippen LogP contribution in [0.25, 0.3) is 0 Å². The summed E-state index contributed by atoms with van der Waals surface area (Å²) >= 11 is 5.83. The number of carboxylic acids is 1. The molecule has 1 fully saturated rings. The molecule has 2 rings (SSSR count). The Kier molecular flexibility index (Phi) is 3.78. The third kappa shape index (κ3) is 2.88. The van der Waals surface area contributed by atoms with Gasteiger partial charge in [0.15, 0.2) is 5.60 Å². The zero-order valence-electron chi connectivity index (χ0n) is 10.2. The van der Waals surface area contributed by atoms with Gasteiger partial charge >= 0.3 is 5.97 Å². The standard InChI is InChI=1S/C13H14ClNO4/c14-10-3-1-2-9(8-10)11(16)15-6-4-13(19,5-7-15)12(17)18/h1-3,8,19H,4-7H2,(H,17,18). The predicted molar refractivity (Wildman–Crippen MR) is 69.2 cm³/mol. The normalized spacial score (nSPS) is 18.1. The van der Waals surface area contributed by atoms with Gasteiger partial charge in [-0.2, -0.15) is 0 Å². The highest BCUT2D eigenvalue weighted by atomic mass is 35.5. The van der Waals surface area contributed by atoms with Gasteiger partial charge in [0.05, 0.1) is 0 Å². The summed E-state index contributed by atoms with van der Waals surface area (Å²) in [5.41, 5.74) is -1.25. The first-order chi connectivity index (χ1) is 8.92. The van der Waals surface area contributed by atoms with Crippen molar-refractivity contribution in [1.82, 2.24) is 4.90 Å². The topological polar surface area (TPSA) is 77.8 Å². The number of carboxylic acid groups (broad SMARTS) is 1. The molecular weight excluding hydrogens is 270 g/mol. The summed E-state index contributed by atoms with van der Waals surface area (Å²) in [4.78, 5) is 24.6. The molecule has 5 nitrogen and oxygen atoms in total. The molecule has 1 aliphatic rings. The Balaban J connectivity index is 2.06. The van der Waals surface area contributed by atoms with E-state index in [1.54, 1.807) is 24.3 Å². The van der Waals surface area contributed by atoms with E-state index in [4.69, 9.17) is 16.7 Å². The van der Waals surface area contributed by atoms with E-state index < -0.39 is 11.6 Å². The summed E-state index contributed by atoms with van der Waals surface area (Å²) in [6.45, 7) is 0.433. The molecule has 0 spiro atoms. The van der Waals surface area contributed by atoms with Crippen LogP contribution in [0.1, 0.15) is 23.2 Å². The third-order valence-electron chi connectivity index (χ3n) is 3.35. The second-order valence-corrected chi connectivity index (χ2v) is 5.08. The number of carbonyl (C=O) groups is 2. The van der Waals surface area contributed by atoms with E-state index in [0.29, 0.717) is 10.6 Å². The molecule has 0 atom stereocenters. The number of aliphatic carboxylic acids is 1. The van der Waals surface area contributed by atoms with E-state index >= 15 is 0 Å². The number of piperidine rings is 1. The minimum absolute atomic E-state index is 0.0363. The van der Waals surface area contributed by atoms with Crippen molar-refractivity contribution in [2.24, 2.45) is 0 Å². The van der Waals surface area contributed by atoms with Crippen LogP contribution in [0.3, 0.4) is 0 Å². The van der Waals surface area contributed by atoms with Gasteiger partial charge < -0.3 is 15.1 Å². The molecule has 6 heteroatoms. The number of hydrogen-bond acceptors (Lipinski definition) is 3. The number of aliphatic hydroxyl groups is 1. The maximum atomic E-state index is 12.2. The Morgan fingerprint density at radius 1 is 1.26 bits per heavy atom. The molecule has 1 aromatic carbocycles. The molecule has 0 unspecified atom stereocenters. The van der Waals surface area contributed by atoms with Crippen molar-refractivity contribution in [3.63, 3.8) is 0 Å². The third-order valence-corrected chi connectivity index (χ3v) is 3.58. The van der Waals surface area contributed by atoms with E-state index in [-0.39, 0.29) is 31.8 Å². The lowest BCUT2D eigenvalue weighted by Gasteiger charge is -2.35. The van der Waals surface area contributed by atoms with Crippen LogP contribution >= 0.6 is 11.6 Å². The molecule has 0 radical (unpaired) electrons. The summed E-state index contributed by atoms with van der Waals surface area (Å²) < 4.78 is 0. The lowest BCUT2D eigenvalue weighted by Crippen LogP contribution is -2.50. The molecule has 1 aromatic rings. The predicted octanol–water partition coefficient (Wildman–Crippen LogP) is 1.39. The lowest BCUT2D eigenvalue weighted by molar-refractivity contribution is -0.162. The summed E-state index contributed by atoms with van der Waals surface area (Å²) in [5, 5.41) is 19.2. The summed E-state index contributed by atoms with van der Waals surface area (Å²) in [6, 6.07) is 6.60. The van der Waals surface area contributed by atoms with Crippen molar-refractivity contribution in [3.05, 3.63) is 34.9 Å². The Labute approximate surface area is 115 Å². The average molecular weight is 284 g/mol. The monoisotopic (exact) mass is 283 g/mol. The second-order valence-electron chi connectivity index (χ2n) is 4.64. The molecule has 0 bridgehead atoms. The Morgan fingerprint density at radius 3 is 2.42 bits per heavy atom. The van der Waals surface area contributed by atoms with Gasteiger partial charge in [0, 0.05) is 36.5 Å². The summed E-state index contributed by atoms with van der Waals surface area (Å²) in [5.74, 6) is -1.43. The highest BCUT2D eigenvalue weighted by molar-refractivity contribution is 6.30. The molecule has 1 saturated heterocycles. The van der Waals surface area contributed by atoms with Gasteiger partial charge in [0.1, 0.15) is 0 Å². The molecule has 102 valence electrons. The van der Waals surface area contributed by atoms with Crippen molar-refractivity contribution in [1.29, 1.82) is 0 Å². The number of amides is 1. The minimum atomic E-state index is -1.72. The van der Waals surface area contributed by atoms with Gasteiger partial charge in [-0.25, -0.2) is 4.79 Å². The zero-order valence-corrected chi connectivity index (χ0v) is 10.9. The number of hydrogen-bond donors (Lipinski definition) is 2. The largest absolute Gasteiger partial charge is 0.479 e. The van der Waals surface area contributed by atoms with Crippen LogP contribution in [0.5, 0.6) is 0 Å². The van der Waals surface area contributed by atoms with Gasteiger partial charge in [-0.3, -0.25) is 4.79 Å². The molecule has 1 aliphatic heterocycles. The molecular formula is C13H14ClNO4. The maximum absolute atomic E-state index is 12.2. The van der Waals surface area contributed by atoms with Crippen LogP contribution in [-0.2, 0) is 4.79 Å². The lowest BCUT2D eigenvalue weighted by atomic mass is 9.91. The zero-order chi connectivity index (χ0) is 14.0. The molecule has 2 N–H and O–H groups in total. The van der Waals surface area contributed by atoms with Gasteiger partial charge in [-0.05, 0) is 18.2 Å². The number of nitrogens with zero attached hydrogens (tertiary/aromatic N) is 1. The summed E-state index contributed by atoms with van der Waals surface area (Å²) in [6.07, 6.45) is 0.0727. The SMILES string of the molecule is O=C(c1cccc(Cl)c1)N1CCC(O)(C(=O)O)CC1. The van der Waals surface area contributed by atoms with Gasteiger partial charge in [-0.1, -0.05) is 17.7 Å². The Bertz CT molecular complexity index is 509. The number of carbonyl (C=O) groups excluding carboxylic acids is 1. The molecule has 0 saturated carbocycles. The second kappa shape index (κ2) is 5.19. The highest BCUT2D eigenvalue weighted by Gasteiger charge is 2.40. The van der Waals surface area contributed by atoms with Crippen molar-refractivity contribution in [2.75, 3.05) is 13.1 Å². The summed E-state index contributed by atoms with van der Waals surface area (Å²) in [7, 11) is 0. The molecule has 0 aliphatic carbocycles. The van der Waals surface area contributed by atoms with Gasteiger partial charge in [0.25, 0.3) is 5.91 Å². The van der Waals surface area contributed by atoms with Crippen LogP contribution in [0.15, 0.2) is 24.3 Å². The quantitative estimate of drug-likeness (QED) is 0.860. The van der Waals surface area contributed by atoms with Crippen molar-refractivity contribution in [3.8, 4) is 0 Å². The molecule has 0 aromatic heterocycles. The molecule has 1 heterocycles. The van der Waals surface area contributed by atoms with Crippen LogP contribution in [0.2, 0.25) is 5.02 Å². The minimum Gasteiger partial charge on any atom is -0.479 e. The number of likely N-dealkylation sites (tertiary alicyclic amines) is 1. The number of halogens is 1. The highest BCUT2D eigenvalue weighted by Crippen LogP contribution is 2.24. The van der Waals surface area contributed by atoms with Crippen LogP contribution in [0.4, 0.5) is 0 Å². The van der Waals surface area contributed by atoms with Crippen LogP contribution < -0.4 is 0 Å². The first-order valence-corrected chi connectivity index (χ1v) is 6.31. The van der Waals surface area contributed by atoms with Gasteiger partial charge in [-0.15, -0.1) is 0 Å². The fraction of sp³-hybridized carbons (Fsp3) is 0.385. The van der Waals surface area contributed by atoms with Crippen LogP contribution in [-0.4, -0.2) is 45.7 Å². The van der Waals surface area contributed by atoms with Crippen molar-refractivity contribution >= 4 is 23.5 Å². The Morgan fingerprint density at radius 2 is 1.89 bits per heavy atom. The van der Waals surface area contributed by atoms with E-state index in [1.807, 2.05) is 0 Å². The number of rotatable bonds is 2. The molecule has 19 heavy (non-hydrogen) atoms. The van der Waals surface area contributed by atoms with Gasteiger partial charge in [0.2, 0.25) is 0 Å². The average Bonchev–Trinajstić information content (AvgIpc) is 2.38. The van der Waals surface area contributed by atoms with Crippen molar-refractivity contribution in [2.45, 2.75) is 18.4 Å². The number of benzene rings is 1. The first kappa shape index (κ1) is 13.8.